The fourth-order valence-electron chi connectivity index (χ4n) is 1.61. The minimum Gasteiger partial charge on any atom is -0.399 e. The molecular formula is C14H15NO2S2. The van der Waals surface area contributed by atoms with Gasteiger partial charge in [0.2, 0.25) is 0 Å². The molecule has 0 radical (unpaired) electrons. The van der Waals surface area contributed by atoms with E-state index in [1.807, 2.05) is 30.3 Å². The molecule has 0 fully saturated rings. The van der Waals surface area contributed by atoms with Gasteiger partial charge in [-0.15, -0.1) is 11.8 Å². The van der Waals surface area contributed by atoms with Gasteiger partial charge >= 0.3 is 0 Å². The van der Waals surface area contributed by atoms with Crippen LogP contribution < -0.4 is 5.73 Å². The SMILES string of the molecule is Nc1cccc(S(=O)(=O)CCSc2ccccc2)c1. The summed E-state index contributed by atoms with van der Waals surface area (Å²) < 4.78 is 24.2. The van der Waals surface area contributed by atoms with Gasteiger partial charge in [-0.1, -0.05) is 24.3 Å². The Bertz CT molecular complexity index is 640. The predicted octanol–water partition coefficient (Wildman–Crippen LogP) is 2.83. The lowest BCUT2D eigenvalue weighted by Crippen LogP contribution is -2.09. The molecule has 0 aliphatic rings. The Morgan fingerprint density at radius 2 is 1.74 bits per heavy atom. The van der Waals surface area contributed by atoms with Gasteiger partial charge in [-0.3, -0.25) is 0 Å². The van der Waals surface area contributed by atoms with E-state index in [0.29, 0.717) is 16.3 Å². The molecule has 100 valence electrons. The topological polar surface area (TPSA) is 60.2 Å². The van der Waals surface area contributed by atoms with Crippen molar-refractivity contribution in [1.29, 1.82) is 0 Å². The van der Waals surface area contributed by atoms with Gasteiger partial charge in [-0.2, -0.15) is 0 Å². The highest BCUT2D eigenvalue weighted by atomic mass is 32.2. The summed E-state index contributed by atoms with van der Waals surface area (Å²) in [4.78, 5) is 1.37. The van der Waals surface area contributed by atoms with Crippen LogP contribution in [0.2, 0.25) is 0 Å². The van der Waals surface area contributed by atoms with Gasteiger partial charge in [-0.25, -0.2) is 8.42 Å². The molecule has 2 rings (SSSR count). The fourth-order valence-corrected chi connectivity index (χ4v) is 4.25. The van der Waals surface area contributed by atoms with E-state index in [1.54, 1.807) is 18.2 Å². The highest BCUT2D eigenvalue weighted by Gasteiger charge is 2.14. The van der Waals surface area contributed by atoms with Crippen LogP contribution >= 0.6 is 11.8 Å². The van der Waals surface area contributed by atoms with Crippen molar-refractivity contribution in [3.8, 4) is 0 Å². The molecule has 2 N–H and O–H groups in total. The Labute approximate surface area is 117 Å². The van der Waals surface area contributed by atoms with E-state index in [9.17, 15) is 8.42 Å². The average Bonchev–Trinajstić information content (AvgIpc) is 2.40. The summed E-state index contributed by atoms with van der Waals surface area (Å²) in [6.07, 6.45) is 0. The van der Waals surface area contributed by atoms with E-state index in [1.165, 1.54) is 17.8 Å². The maximum Gasteiger partial charge on any atom is 0.179 e. The van der Waals surface area contributed by atoms with Gasteiger partial charge in [0.15, 0.2) is 9.84 Å². The summed E-state index contributed by atoms with van der Waals surface area (Å²) in [6, 6.07) is 16.2. The van der Waals surface area contributed by atoms with Crippen LogP contribution in [0.4, 0.5) is 5.69 Å². The van der Waals surface area contributed by atoms with Crippen molar-refractivity contribution >= 4 is 27.3 Å². The summed E-state index contributed by atoms with van der Waals surface area (Å²) in [7, 11) is -3.25. The largest absolute Gasteiger partial charge is 0.399 e. The van der Waals surface area contributed by atoms with Crippen molar-refractivity contribution in [2.45, 2.75) is 9.79 Å². The lowest BCUT2D eigenvalue weighted by Gasteiger charge is -2.05. The third-order valence-electron chi connectivity index (χ3n) is 2.58. The second-order valence-electron chi connectivity index (χ2n) is 4.05. The van der Waals surface area contributed by atoms with Crippen molar-refractivity contribution in [1.82, 2.24) is 0 Å². The molecule has 0 spiro atoms. The molecule has 0 aromatic heterocycles. The van der Waals surface area contributed by atoms with Crippen molar-refractivity contribution in [2.75, 3.05) is 17.2 Å². The molecule has 3 nitrogen and oxygen atoms in total. The molecule has 0 aliphatic carbocycles. The maximum absolute atomic E-state index is 12.1. The van der Waals surface area contributed by atoms with Crippen molar-refractivity contribution in [3.05, 3.63) is 54.6 Å². The van der Waals surface area contributed by atoms with Crippen LogP contribution in [0.3, 0.4) is 0 Å². The number of thioether (sulfide) groups is 1. The number of benzene rings is 2. The van der Waals surface area contributed by atoms with Gasteiger partial charge in [0.25, 0.3) is 0 Å². The Morgan fingerprint density at radius 3 is 2.42 bits per heavy atom. The fraction of sp³-hybridized carbons (Fsp3) is 0.143. The lowest BCUT2D eigenvalue weighted by atomic mass is 10.3. The molecule has 19 heavy (non-hydrogen) atoms. The van der Waals surface area contributed by atoms with Gasteiger partial charge in [-0.05, 0) is 30.3 Å². The summed E-state index contributed by atoms with van der Waals surface area (Å²) in [5.41, 5.74) is 6.07. The molecule has 2 aromatic rings. The van der Waals surface area contributed by atoms with E-state index in [-0.39, 0.29) is 5.75 Å². The van der Waals surface area contributed by atoms with Crippen molar-refractivity contribution in [2.24, 2.45) is 0 Å². The van der Waals surface area contributed by atoms with E-state index in [2.05, 4.69) is 0 Å². The van der Waals surface area contributed by atoms with E-state index in [0.717, 1.165) is 4.90 Å². The quantitative estimate of drug-likeness (QED) is 0.680. The van der Waals surface area contributed by atoms with Crippen molar-refractivity contribution in [3.63, 3.8) is 0 Å². The molecule has 0 bridgehead atoms. The van der Waals surface area contributed by atoms with E-state index >= 15 is 0 Å². The van der Waals surface area contributed by atoms with Crippen LogP contribution in [0, 0.1) is 0 Å². The number of anilines is 1. The first-order valence-corrected chi connectivity index (χ1v) is 8.48. The summed E-state index contributed by atoms with van der Waals surface area (Å²) in [5, 5.41) is 0. The smallest absolute Gasteiger partial charge is 0.179 e. The minimum absolute atomic E-state index is 0.107. The molecule has 2 aromatic carbocycles. The highest BCUT2D eigenvalue weighted by molar-refractivity contribution is 8.00. The van der Waals surface area contributed by atoms with Gasteiger partial charge in [0, 0.05) is 16.3 Å². The minimum atomic E-state index is -3.25. The van der Waals surface area contributed by atoms with E-state index < -0.39 is 9.84 Å². The first kappa shape index (κ1) is 14.0. The number of nitrogen functional groups attached to an aromatic ring is 1. The summed E-state index contributed by atoms with van der Waals surface area (Å²) >= 11 is 1.54. The van der Waals surface area contributed by atoms with Crippen LogP contribution in [0.1, 0.15) is 0 Å². The Balaban J connectivity index is 1.99. The molecule has 0 aliphatic heterocycles. The Kier molecular flexibility index (Phi) is 4.50. The van der Waals surface area contributed by atoms with Gasteiger partial charge in [0.1, 0.15) is 0 Å². The molecular weight excluding hydrogens is 278 g/mol. The van der Waals surface area contributed by atoms with Crippen LogP contribution in [0.5, 0.6) is 0 Å². The third-order valence-corrected chi connectivity index (χ3v) is 5.57. The first-order valence-electron chi connectivity index (χ1n) is 5.84. The Morgan fingerprint density at radius 1 is 1.00 bits per heavy atom. The molecule has 0 unspecified atom stereocenters. The van der Waals surface area contributed by atoms with Gasteiger partial charge < -0.3 is 5.73 Å². The van der Waals surface area contributed by atoms with Crippen LogP contribution in [-0.4, -0.2) is 19.9 Å². The number of sulfone groups is 1. The van der Waals surface area contributed by atoms with Gasteiger partial charge in [0.05, 0.1) is 10.6 Å². The summed E-state index contributed by atoms with van der Waals surface area (Å²) in [5.74, 6) is 0.636. The zero-order valence-electron chi connectivity index (χ0n) is 10.3. The lowest BCUT2D eigenvalue weighted by molar-refractivity contribution is 0.597. The van der Waals surface area contributed by atoms with Crippen LogP contribution in [0.25, 0.3) is 0 Å². The zero-order chi connectivity index (χ0) is 13.7. The molecule has 0 saturated heterocycles. The molecule has 0 heterocycles. The average molecular weight is 293 g/mol. The van der Waals surface area contributed by atoms with Crippen LogP contribution in [-0.2, 0) is 9.84 Å². The Hall–Kier alpha value is -1.46. The molecule has 0 saturated carbocycles. The molecule has 0 atom stereocenters. The molecule has 5 heteroatoms. The third kappa shape index (κ3) is 4.01. The predicted molar refractivity (Wildman–Crippen MR) is 80.1 cm³/mol. The highest BCUT2D eigenvalue weighted by Crippen LogP contribution is 2.20. The van der Waals surface area contributed by atoms with Crippen molar-refractivity contribution < 1.29 is 8.42 Å². The monoisotopic (exact) mass is 293 g/mol. The van der Waals surface area contributed by atoms with E-state index in [4.69, 9.17) is 5.73 Å². The zero-order valence-corrected chi connectivity index (χ0v) is 12.0. The van der Waals surface area contributed by atoms with Crippen LogP contribution in [0.15, 0.2) is 64.4 Å². The first-order chi connectivity index (χ1) is 9.08. The molecule has 0 amide bonds. The standard InChI is InChI=1S/C14H15NO2S2/c15-12-5-4-8-14(11-12)19(16,17)10-9-18-13-6-2-1-3-7-13/h1-8,11H,9-10,15H2. The number of nitrogens with two attached hydrogens (primary N) is 1. The number of hydrogen-bond acceptors (Lipinski definition) is 4. The summed E-state index contributed by atoms with van der Waals surface area (Å²) in [6.45, 7) is 0. The number of rotatable bonds is 5. The second kappa shape index (κ2) is 6.12. The maximum atomic E-state index is 12.1. The second-order valence-corrected chi connectivity index (χ2v) is 7.33. The normalized spacial score (nSPS) is 11.4. The number of hydrogen-bond donors (Lipinski definition) is 1.